The SMILES string of the molecule is COC1CCC(Nc2ncc3c(-c4ccc5ncc(C(F)F)n5c4)c[nH]c3n2)CC1. The largest absolute Gasteiger partial charge is 0.381 e. The number of fused-ring (bicyclic) bond motifs is 2. The van der Waals surface area contributed by atoms with Crippen molar-refractivity contribution in [3.05, 3.63) is 42.6 Å². The molecule has 4 aromatic rings. The van der Waals surface area contributed by atoms with Gasteiger partial charge in [0.25, 0.3) is 6.43 Å². The third kappa shape index (κ3) is 3.39. The Morgan fingerprint density at radius 3 is 2.77 bits per heavy atom. The van der Waals surface area contributed by atoms with E-state index in [1.807, 2.05) is 12.3 Å². The molecule has 0 saturated heterocycles. The van der Waals surface area contributed by atoms with E-state index < -0.39 is 6.43 Å². The van der Waals surface area contributed by atoms with E-state index in [9.17, 15) is 8.78 Å². The lowest BCUT2D eigenvalue weighted by atomic mass is 9.93. The van der Waals surface area contributed by atoms with Gasteiger partial charge in [-0.2, -0.15) is 4.98 Å². The third-order valence-electron chi connectivity index (χ3n) is 5.84. The number of ether oxygens (including phenoxy) is 1. The number of rotatable bonds is 5. The number of imidazole rings is 1. The Labute approximate surface area is 171 Å². The van der Waals surface area contributed by atoms with E-state index in [1.165, 1.54) is 10.6 Å². The molecule has 0 spiro atoms. The fourth-order valence-corrected chi connectivity index (χ4v) is 4.16. The molecule has 0 atom stereocenters. The zero-order valence-electron chi connectivity index (χ0n) is 16.5. The maximum absolute atomic E-state index is 13.2. The first kappa shape index (κ1) is 18.9. The van der Waals surface area contributed by atoms with E-state index >= 15 is 0 Å². The van der Waals surface area contributed by atoms with Crippen LogP contribution in [0.2, 0.25) is 0 Å². The number of hydrogen-bond donors (Lipinski definition) is 2. The highest BCUT2D eigenvalue weighted by Gasteiger charge is 2.21. The van der Waals surface area contributed by atoms with Crippen molar-refractivity contribution in [2.45, 2.75) is 44.3 Å². The molecule has 0 bridgehead atoms. The number of methoxy groups -OCH3 is 1. The molecule has 1 aliphatic rings. The van der Waals surface area contributed by atoms with Gasteiger partial charge in [-0.3, -0.25) is 4.40 Å². The van der Waals surface area contributed by atoms with Crippen molar-refractivity contribution in [3.63, 3.8) is 0 Å². The minimum Gasteiger partial charge on any atom is -0.381 e. The van der Waals surface area contributed by atoms with Crippen LogP contribution in [0.25, 0.3) is 27.8 Å². The summed E-state index contributed by atoms with van der Waals surface area (Å²) in [6, 6.07) is 3.92. The number of anilines is 1. The molecule has 156 valence electrons. The van der Waals surface area contributed by atoms with Gasteiger partial charge in [-0.25, -0.2) is 18.7 Å². The van der Waals surface area contributed by atoms with Gasteiger partial charge in [-0.15, -0.1) is 0 Å². The molecule has 30 heavy (non-hydrogen) atoms. The fourth-order valence-electron chi connectivity index (χ4n) is 4.16. The molecule has 0 radical (unpaired) electrons. The summed E-state index contributed by atoms with van der Waals surface area (Å²) in [6.45, 7) is 0. The maximum atomic E-state index is 13.2. The van der Waals surface area contributed by atoms with Gasteiger partial charge in [0.05, 0.1) is 12.3 Å². The van der Waals surface area contributed by atoms with E-state index in [0.717, 1.165) is 42.2 Å². The lowest BCUT2D eigenvalue weighted by molar-refractivity contribution is 0.0681. The van der Waals surface area contributed by atoms with Gasteiger partial charge in [0, 0.05) is 48.3 Å². The van der Waals surface area contributed by atoms with Crippen LogP contribution in [0.4, 0.5) is 14.7 Å². The van der Waals surface area contributed by atoms with Crippen LogP contribution in [0, 0.1) is 0 Å². The van der Waals surface area contributed by atoms with Crippen LogP contribution in [0.1, 0.15) is 37.8 Å². The van der Waals surface area contributed by atoms with Gasteiger partial charge < -0.3 is 15.0 Å². The molecule has 1 fully saturated rings. The minimum atomic E-state index is -2.59. The lowest BCUT2D eigenvalue weighted by Crippen LogP contribution is -2.29. The first-order valence-electron chi connectivity index (χ1n) is 10.0. The van der Waals surface area contributed by atoms with Crippen LogP contribution in [0.5, 0.6) is 0 Å². The first-order valence-corrected chi connectivity index (χ1v) is 10.0. The van der Waals surface area contributed by atoms with Crippen molar-refractivity contribution in [1.29, 1.82) is 0 Å². The second kappa shape index (κ2) is 7.64. The molecule has 4 aromatic heterocycles. The van der Waals surface area contributed by atoms with Gasteiger partial charge in [0.15, 0.2) is 0 Å². The molecule has 4 heterocycles. The maximum Gasteiger partial charge on any atom is 0.280 e. The first-order chi connectivity index (χ1) is 14.6. The molecule has 7 nitrogen and oxygen atoms in total. The van der Waals surface area contributed by atoms with E-state index in [0.29, 0.717) is 29.4 Å². The normalized spacial score (nSPS) is 19.7. The topological polar surface area (TPSA) is 80.1 Å². The smallest absolute Gasteiger partial charge is 0.280 e. The van der Waals surface area contributed by atoms with E-state index in [4.69, 9.17) is 4.74 Å². The van der Waals surface area contributed by atoms with Crippen LogP contribution in [0.15, 0.2) is 36.9 Å². The number of hydrogen-bond acceptors (Lipinski definition) is 5. The Bertz CT molecular complexity index is 1180. The minimum absolute atomic E-state index is 0.127. The van der Waals surface area contributed by atoms with Crippen LogP contribution in [0.3, 0.4) is 0 Å². The Kier molecular flexibility index (Phi) is 4.82. The molecule has 1 aliphatic carbocycles. The zero-order valence-corrected chi connectivity index (χ0v) is 16.5. The van der Waals surface area contributed by atoms with Gasteiger partial charge in [0.1, 0.15) is 17.0 Å². The van der Waals surface area contributed by atoms with Gasteiger partial charge >= 0.3 is 0 Å². The molecule has 5 rings (SSSR count). The van der Waals surface area contributed by atoms with Gasteiger partial charge in [0.2, 0.25) is 5.95 Å². The Balaban J connectivity index is 1.41. The Morgan fingerprint density at radius 1 is 1.17 bits per heavy atom. The van der Waals surface area contributed by atoms with Crippen LogP contribution < -0.4 is 5.32 Å². The number of nitrogens with one attached hydrogen (secondary N) is 2. The van der Waals surface area contributed by atoms with Gasteiger partial charge in [-0.1, -0.05) is 0 Å². The number of alkyl halides is 2. The molecule has 0 aliphatic heterocycles. The van der Waals surface area contributed by atoms with Crippen LogP contribution in [-0.4, -0.2) is 43.6 Å². The Hall–Kier alpha value is -3.07. The van der Waals surface area contributed by atoms with E-state index in [1.54, 1.807) is 25.6 Å². The highest BCUT2D eigenvalue weighted by Crippen LogP contribution is 2.30. The molecule has 0 amide bonds. The van der Waals surface area contributed by atoms with Crippen molar-refractivity contribution in [3.8, 4) is 11.1 Å². The number of aromatic nitrogens is 5. The van der Waals surface area contributed by atoms with E-state index in [-0.39, 0.29) is 5.69 Å². The standard InChI is InChI=1S/C21H22F2N6O/c1-30-14-5-3-13(4-6-14)27-21-26-9-16-15(8-25-20(16)28-21)12-2-7-18-24-10-17(19(22)23)29(18)11-12/h2,7-11,13-14,19H,3-6H2,1H3,(H2,25,26,27,28). The summed E-state index contributed by atoms with van der Waals surface area (Å²) < 4.78 is 33.3. The summed E-state index contributed by atoms with van der Waals surface area (Å²) >= 11 is 0. The summed E-state index contributed by atoms with van der Waals surface area (Å²) in [7, 11) is 1.76. The molecule has 9 heteroatoms. The molecule has 2 N–H and O–H groups in total. The molecule has 0 aromatic carbocycles. The monoisotopic (exact) mass is 412 g/mol. The van der Waals surface area contributed by atoms with Crippen molar-refractivity contribution < 1.29 is 13.5 Å². The Morgan fingerprint density at radius 2 is 2.00 bits per heavy atom. The number of halogens is 2. The van der Waals surface area contributed by atoms with Crippen molar-refractivity contribution in [1.82, 2.24) is 24.3 Å². The predicted molar refractivity (Wildman–Crippen MR) is 110 cm³/mol. The summed E-state index contributed by atoms with van der Waals surface area (Å²) in [4.78, 5) is 16.3. The van der Waals surface area contributed by atoms with Gasteiger partial charge in [-0.05, 0) is 37.8 Å². The number of nitrogens with zero attached hydrogens (tertiary/aromatic N) is 4. The average Bonchev–Trinajstić information content (AvgIpc) is 3.37. The number of pyridine rings is 1. The third-order valence-corrected chi connectivity index (χ3v) is 5.84. The summed E-state index contributed by atoms with van der Waals surface area (Å²) in [5, 5.41) is 4.25. The number of H-pyrrole nitrogens is 1. The average molecular weight is 412 g/mol. The van der Waals surface area contributed by atoms with Crippen molar-refractivity contribution >= 4 is 22.6 Å². The molecular formula is C21H22F2N6O. The van der Waals surface area contributed by atoms with Crippen LogP contribution in [-0.2, 0) is 4.74 Å². The number of aromatic amines is 1. The summed E-state index contributed by atoms with van der Waals surface area (Å²) in [5.41, 5.74) is 2.70. The highest BCUT2D eigenvalue weighted by molar-refractivity contribution is 5.93. The molecule has 1 saturated carbocycles. The summed E-state index contributed by atoms with van der Waals surface area (Å²) in [6.07, 6.45) is 8.33. The van der Waals surface area contributed by atoms with Crippen molar-refractivity contribution in [2.75, 3.05) is 12.4 Å². The highest BCUT2D eigenvalue weighted by atomic mass is 19.3. The molecule has 0 unspecified atom stereocenters. The van der Waals surface area contributed by atoms with Crippen molar-refractivity contribution in [2.24, 2.45) is 0 Å². The van der Waals surface area contributed by atoms with E-state index in [2.05, 4.69) is 25.3 Å². The quantitative estimate of drug-likeness (QED) is 0.502. The second-order valence-electron chi connectivity index (χ2n) is 7.64. The second-order valence-corrected chi connectivity index (χ2v) is 7.64. The van der Waals surface area contributed by atoms with Crippen LogP contribution >= 0.6 is 0 Å². The molecular weight excluding hydrogens is 390 g/mol. The fraction of sp³-hybridized carbons (Fsp3) is 0.381. The predicted octanol–water partition coefficient (Wildman–Crippen LogP) is 4.58. The summed E-state index contributed by atoms with van der Waals surface area (Å²) in [5.74, 6) is 0.585. The zero-order chi connectivity index (χ0) is 20.7. The lowest BCUT2D eigenvalue weighted by Gasteiger charge is -2.28.